The van der Waals surface area contributed by atoms with Gasteiger partial charge in [-0.2, -0.15) is 13.2 Å². The highest BCUT2D eigenvalue weighted by molar-refractivity contribution is 5.76. The van der Waals surface area contributed by atoms with Gasteiger partial charge in [0.05, 0.1) is 12.1 Å². The number of nitrogens with two attached hydrogens (primary N) is 1. The molecule has 0 radical (unpaired) electrons. The van der Waals surface area contributed by atoms with Gasteiger partial charge in [-0.1, -0.05) is 12.1 Å². The molecular weight excluding hydrogens is 245 g/mol. The normalized spacial score (nSPS) is 12.5. The molecule has 0 bridgehead atoms. The number of carbonyl (C=O) groups excluding carboxylic acids is 1. The summed E-state index contributed by atoms with van der Waals surface area (Å²) in [5, 5.41) is 2.81. The van der Waals surface area contributed by atoms with Gasteiger partial charge in [-0.3, -0.25) is 10.1 Å². The van der Waals surface area contributed by atoms with Gasteiger partial charge < -0.3 is 5.73 Å². The molecule has 0 aliphatic carbocycles. The largest absolute Gasteiger partial charge is 0.416 e. The van der Waals surface area contributed by atoms with E-state index in [1.165, 1.54) is 6.07 Å². The van der Waals surface area contributed by atoms with Gasteiger partial charge in [0.1, 0.15) is 0 Å². The second kappa shape index (κ2) is 4.97. The highest BCUT2D eigenvalue weighted by Gasteiger charge is 2.32. The van der Waals surface area contributed by atoms with Crippen molar-refractivity contribution in [3.8, 4) is 0 Å². The predicted octanol–water partition coefficient (Wildman–Crippen LogP) is 2.02. The minimum atomic E-state index is -4.38. The molecule has 0 heterocycles. The molecule has 6 heteroatoms. The van der Waals surface area contributed by atoms with Crippen LogP contribution in [-0.4, -0.2) is 12.5 Å². The highest BCUT2D eigenvalue weighted by Crippen LogP contribution is 2.31. The Hall–Kier alpha value is -1.56. The molecule has 0 saturated carbocycles. The van der Waals surface area contributed by atoms with E-state index in [0.717, 1.165) is 12.1 Å². The van der Waals surface area contributed by atoms with Crippen molar-refractivity contribution in [1.82, 2.24) is 5.32 Å². The minimum absolute atomic E-state index is 0.0940. The summed E-state index contributed by atoms with van der Waals surface area (Å²) < 4.78 is 37.7. The van der Waals surface area contributed by atoms with E-state index < -0.39 is 23.2 Å². The molecule has 0 atom stereocenters. The fraction of sp³-hybridized carbons (Fsp3) is 0.417. The maximum Gasteiger partial charge on any atom is 0.416 e. The number of amides is 1. The predicted molar refractivity (Wildman–Crippen MR) is 61.7 cm³/mol. The van der Waals surface area contributed by atoms with Crippen molar-refractivity contribution in [3.63, 3.8) is 0 Å². The molecule has 0 unspecified atom stereocenters. The first-order valence-electron chi connectivity index (χ1n) is 5.34. The molecule has 0 aliphatic heterocycles. The van der Waals surface area contributed by atoms with E-state index in [4.69, 9.17) is 5.73 Å². The van der Waals surface area contributed by atoms with Gasteiger partial charge in [-0.05, 0) is 31.5 Å². The monoisotopic (exact) mass is 260 g/mol. The number of nitrogens with one attached hydrogen (secondary N) is 1. The van der Waals surface area contributed by atoms with E-state index in [2.05, 4.69) is 5.32 Å². The second-order valence-corrected chi connectivity index (χ2v) is 4.52. The maximum absolute atomic E-state index is 12.6. The minimum Gasteiger partial charge on any atom is -0.369 e. The van der Waals surface area contributed by atoms with Crippen LogP contribution in [0.3, 0.4) is 0 Å². The Labute approximate surface area is 103 Å². The fourth-order valence-corrected chi connectivity index (χ4v) is 1.49. The van der Waals surface area contributed by atoms with Gasteiger partial charge in [-0.25, -0.2) is 0 Å². The smallest absolute Gasteiger partial charge is 0.369 e. The topological polar surface area (TPSA) is 55.1 Å². The van der Waals surface area contributed by atoms with Crippen LogP contribution in [0.15, 0.2) is 24.3 Å². The van der Waals surface area contributed by atoms with Gasteiger partial charge in [0, 0.05) is 5.54 Å². The Balaban J connectivity index is 2.98. The second-order valence-electron chi connectivity index (χ2n) is 4.52. The number of benzene rings is 1. The van der Waals surface area contributed by atoms with Crippen molar-refractivity contribution in [2.75, 3.05) is 6.54 Å². The van der Waals surface area contributed by atoms with Crippen molar-refractivity contribution in [3.05, 3.63) is 35.4 Å². The van der Waals surface area contributed by atoms with E-state index in [9.17, 15) is 18.0 Å². The molecule has 0 aliphatic rings. The number of alkyl halides is 3. The standard InChI is InChI=1S/C12H15F3N2O/c1-11(2,17-7-10(16)18)8-4-3-5-9(6-8)12(13,14)15/h3-6,17H,7H2,1-2H3,(H2,16,18). The van der Waals surface area contributed by atoms with Gasteiger partial charge in [0.25, 0.3) is 0 Å². The van der Waals surface area contributed by atoms with Gasteiger partial charge in [0.15, 0.2) is 0 Å². The molecule has 1 amide bonds. The van der Waals surface area contributed by atoms with Crippen LogP contribution in [0, 0.1) is 0 Å². The van der Waals surface area contributed by atoms with E-state index in [-0.39, 0.29) is 6.54 Å². The van der Waals surface area contributed by atoms with Crippen LogP contribution < -0.4 is 11.1 Å². The Bertz CT molecular complexity index is 441. The Morgan fingerprint density at radius 1 is 1.28 bits per heavy atom. The SMILES string of the molecule is CC(C)(NCC(N)=O)c1cccc(C(F)(F)F)c1. The summed E-state index contributed by atoms with van der Waals surface area (Å²) in [6.45, 7) is 3.28. The first-order valence-corrected chi connectivity index (χ1v) is 5.34. The summed E-state index contributed by atoms with van der Waals surface area (Å²) in [4.78, 5) is 10.7. The Morgan fingerprint density at radius 2 is 1.83 bits per heavy atom. The van der Waals surface area contributed by atoms with Crippen molar-refractivity contribution in [2.24, 2.45) is 5.73 Å². The zero-order valence-corrected chi connectivity index (χ0v) is 10.1. The summed E-state index contributed by atoms with van der Waals surface area (Å²) in [6.07, 6.45) is -4.38. The first-order chi connectivity index (χ1) is 8.13. The molecule has 1 aromatic carbocycles. The van der Waals surface area contributed by atoms with Crippen LogP contribution in [0.2, 0.25) is 0 Å². The maximum atomic E-state index is 12.6. The van der Waals surface area contributed by atoms with E-state index in [0.29, 0.717) is 5.56 Å². The quantitative estimate of drug-likeness (QED) is 0.870. The molecule has 3 nitrogen and oxygen atoms in total. The number of halogens is 3. The van der Waals surface area contributed by atoms with Gasteiger partial charge >= 0.3 is 6.18 Å². The average Bonchev–Trinajstić information content (AvgIpc) is 2.26. The Kier molecular flexibility index (Phi) is 4.01. The molecule has 0 saturated heterocycles. The van der Waals surface area contributed by atoms with Crippen molar-refractivity contribution in [1.29, 1.82) is 0 Å². The zero-order valence-electron chi connectivity index (χ0n) is 10.1. The third-order valence-electron chi connectivity index (χ3n) is 2.62. The third kappa shape index (κ3) is 3.73. The van der Waals surface area contributed by atoms with Gasteiger partial charge in [0.2, 0.25) is 5.91 Å². The molecule has 0 spiro atoms. The van der Waals surface area contributed by atoms with Crippen LogP contribution in [0.5, 0.6) is 0 Å². The molecule has 1 rings (SSSR count). The van der Waals surface area contributed by atoms with Crippen LogP contribution >= 0.6 is 0 Å². The lowest BCUT2D eigenvalue weighted by atomic mass is 9.92. The van der Waals surface area contributed by atoms with Crippen molar-refractivity contribution < 1.29 is 18.0 Å². The summed E-state index contributed by atoms with van der Waals surface area (Å²) in [5.74, 6) is -0.560. The summed E-state index contributed by atoms with van der Waals surface area (Å²) in [6, 6.07) is 4.98. The molecule has 0 aromatic heterocycles. The van der Waals surface area contributed by atoms with Crippen LogP contribution in [-0.2, 0) is 16.5 Å². The van der Waals surface area contributed by atoms with E-state index >= 15 is 0 Å². The number of rotatable bonds is 4. The molecular formula is C12H15F3N2O. The third-order valence-corrected chi connectivity index (χ3v) is 2.62. The molecule has 0 fully saturated rings. The fourth-order valence-electron chi connectivity index (χ4n) is 1.49. The Morgan fingerprint density at radius 3 is 2.33 bits per heavy atom. The van der Waals surface area contributed by atoms with E-state index in [1.807, 2.05) is 0 Å². The van der Waals surface area contributed by atoms with Crippen LogP contribution in [0.1, 0.15) is 25.0 Å². The van der Waals surface area contributed by atoms with Crippen molar-refractivity contribution in [2.45, 2.75) is 25.6 Å². The lowest BCUT2D eigenvalue weighted by Crippen LogP contribution is -2.41. The molecule has 100 valence electrons. The number of carbonyl (C=O) groups is 1. The number of hydrogen-bond acceptors (Lipinski definition) is 2. The lowest BCUT2D eigenvalue weighted by Gasteiger charge is -2.27. The number of primary amides is 1. The van der Waals surface area contributed by atoms with Crippen LogP contribution in [0.4, 0.5) is 13.2 Å². The van der Waals surface area contributed by atoms with Crippen LogP contribution in [0.25, 0.3) is 0 Å². The van der Waals surface area contributed by atoms with E-state index in [1.54, 1.807) is 19.9 Å². The molecule has 3 N–H and O–H groups in total. The van der Waals surface area contributed by atoms with Crippen molar-refractivity contribution >= 4 is 5.91 Å². The summed E-state index contributed by atoms with van der Waals surface area (Å²) in [5.41, 5.74) is 3.96. The summed E-state index contributed by atoms with van der Waals surface area (Å²) in [7, 11) is 0. The lowest BCUT2D eigenvalue weighted by molar-refractivity contribution is -0.137. The average molecular weight is 260 g/mol. The number of hydrogen-bond donors (Lipinski definition) is 2. The summed E-state index contributed by atoms with van der Waals surface area (Å²) >= 11 is 0. The molecule has 18 heavy (non-hydrogen) atoms. The van der Waals surface area contributed by atoms with Gasteiger partial charge in [-0.15, -0.1) is 0 Å². The first kappa shape index (κ1) is 14.5. The highest BCUT2D eigenvalue weighted by atomic mass is 19.4. The molecule has 1 aromatic rings. The zero-order chi connectivity index (χ0) is 14.0.